The van der Waals surface area contributed by atoms with Crippen LogP contribution in [0, 0.1) is 27.7 Å². The first-order chi connectivity index (χ1) is 12.6. The van der Waals surface area contributed by atoms with Gasteiger partial charge in [-0.2, -0.15) is 0 Å². The Kier molecular flexibility index (Phi) is 6.54. The minimum Gasteiger partial charge on any atom is -0.454 e. The van der Waals surface area contributed by atoms with Crippen molar-refractivity contribution in [2.24, 2.45) is 0 Å². The van der Waals surface area contributed by atoms with E-state index in [2.05, 4.69) is 15.0 Å². The molecule has 0 saturated carbocycles. The van der Waals surface area contributed by atoms with Crippen molar-refractivity contribution < 1.29 is 19.1 Å². The standard InChI is InChI=1S/C19H23N3O4S/c1-9-7-10(2)21-19(20-9)27-8-15(24)26-14(6)18(25)17-11(3)16(13(5)23)12(4)22-17/h7,14,22H,8H2,1-6H3/t14-/m1/s1. The minimum absolute atomic E-state index is 0.00193. The molecule has 1 N–H and O–H groups in total. The third-order valence-corrected chi connectivity index (χ3v) is 4.82. The van der Waals surface area contributed by atoms with Gasteiger partial charge in [0.15, 0.2) is 17.0 Å². The van der Waals surface area contributed by atoms with E-state index in [4.69, 9.17) is 4.74 Å². The van der Waals surface area contributed by atoms with Crippen LogP contribution in [0.3, 0.4) is 0 Å². The molecule has 0 spiro atoms. The summed E-state index contributed by atoms with van der Waals surface area (Å²) in [4.78, 5) is 47.8. The summed E-state index contributed by atoms with van der Waals surface area (Å²) in [5.74, 6) is -1.02. The van der Waals surface area contributed by atoms with Gasteiger partial charge in [0.2, 0.25) is 5.78 Å². The van der Waals surface area contributed by atoms with Gasteiger partial charge in [0.1, 0.15) is 0 Å². The molecule has 0 saturated heterocycles. The van der Waals surface area contributed by atoms with Crippen LogP contribution < -0.4 is 0 Å². The van der Waals surface area contributed by atoms with Crippen molar-refractivity contribution in [3.8, 4) is 0 Å². The number of aromatic nitrogens is 3. The van der Waals surface area contributed by atoms with Gasteiger partial charge >= 0.3 is 5.97 Å². The molecule has 2 rings (SSSR count). The molecule has 27 heavy (non-hydrogen) atoms. The molecule has 0 aliphatic carbocycles. The molecule has 2 heterocycles. The summed E-state index contributed by atoms with van der Waals surface area (Å²) in [5.41, 5.74) is 3.64. The summed E-state index contributed by atoms with van der Waals surface area (Å²) in [6.07, 6.45) is -0.963. The number of rotatable bonds is 7. The molecule has 0 fully saturated rings. The third kappa shape index (κ3) is 5.03. The van der Waals surface area contributed by atoms with Crippen LogP contribution in [-0.4, -0.2) is 44.3 Å². The van der Waals surface area contributed by atoms with E-state index >= 15 is 0 Å². The average Bonchev–Trinajstić information content (AvgIpc) is 2.85. The van der Waals surface area contributed by atoms with Gasteiger partial charge in [0, 0.05) is 22.6 Å². The fraction of sp³-hybridized carbons (Fsp3) is 0.421. The van der Waals surface area contributed by atoms with Gasteiger partial charge in [-0.1, -0.05) is 11.8 Å². The second-order valence-corrected chi connectivity index (χ2v) is 7.34. The number of ether oxygens (including phenoxy) is 1. The number of aryl methyl sites for hydroxylation is 3. The number of hydrogen-bond donors (Lipinski definition) is 1. The number of hydrogen-bond acceptors (Lipinski definition) is 7. The normalized spacial score (nSPS) is 11.9. The Morgan fingerprint density at radius 1 is 1.15 bits per heavy atom. The molecule has 0 aromatic carbocycles. The number of carbonyl (C=O) groups is 3. The summed E-state index contributed by atoms with van der Waals surface area (Å²) >= 11 is 1.16. The van der Waals surface area contributed by atoms with E-state index in [1.54, 1.807) is 13.8 Å². The first-order valence-corrected chi connectivity index (χ1v) is 9.47. The van der Waals surface area contributed by atoms with E-state index in [9.17, 15) is 14.4 Å². The highest BCUT2D eigenvalue weighted by Crippen LogP contribution is 2.21. The second kappa shape index (κ2) is 8.47. The van der Waals surface area contributed by atoms with Crippen molar-refractivity contribution in [2.75, 3.05) is 5.75 Å². The van der Waals surface area contributed by atoms with Crippen LogP contribution in [-0.2, 0) is 9.53 Å². The lowest BCUT2D eigenvalue weighted by Gasteiger charge is -2.12. The average molecular weight is 389 g/mol. The molecule has 0 aliphatic rings. The van der Waals surface area contributed by atoms with Crippen molar-refractivity contribution in [1.82, 2.24) is 15.0 Å². The maximum atomic E-state index is 12.6. The molecule has 7 nitrogen and oxygen atoms in total. The molecule has 0 amide bonds. The largest absolute Gasteiger partial charge is 0.454 e. The predicted molar refractivity (Wildman–Crippen MR) is 102 cm³/mol. The first-order valence-electron chi connectivity index (χ1n) is 8.49. The highest BCUT2D eigenvalue weighted by Gasteiger charge is 2.26. The van der Waals surface area contributed by atoms with Crippen molar-refractivity contribution in [1.29, 1.82) is 0 Å². The molecule has 2 aromatic heterocycles. The Labute approximate surface area is 162 Å². The van der Waals surface area contributed by atoms with Gasteiger partial charge in [-0.05, 0) is 53.2 Å². The van der Waals surface area contributed by atoms with Crippen LogP contribution in [0.2, 0.25) is 0 Å². The molecule has 0 radical (unpaired) electrons. The predicted octanol–water partition coefficient (Wildman–Crippen LogP) is 3.15. The Morgan fingerprint density at radius 2 is 1.74 bits per heavy atom. The van der Waals surface area contributed by atoms with Crippen LogP contribution in [0.15, 0.2) is 11.2 Å². The molecule has 1 atom stereocenters. The molecular formula is C19H23N3O4S. The molecule has 8 heteroatoms. The lowest BCUT2D eigenvalue weighted by atomic mass is 10.0. The van der Waals surface area contributed by atoms with E-state index < -0.39 is 12.1 Å². The lowest BCUT2D eigenvalue weighted by molar-refractivity contribution is -0.143. The zero-order chi connectivity index (χ0) is 20.3. The van der Waals surface area contributed by atoms with Gasteiger partial charge in [-0.15, -0.1) is 0 Å². The monoisotopic (exact) mass is 389 g/mol. The van der Waals surface area contributed by atoms with E-state index in [0.717, 1.165) is 23.1 Å². The topological polar surface area (TPSA) is 102 Å². The summed E-state index contributed by atoms with van der Waals surface area (Å²) in [7, 11) is 0. The van der Waals surface area contributed by atoms with Crippen molar-refractivity contribution >= 4 is 29.3 Å². The molecule has 0 aliphatic heterocycles. The quantitative estimate of drug-likeness (QED) is 0.336. The van der Waals surface area contributed by atoms with E-state index in [-0.39, 0.29) is 17.3 Å². The number of carbonyl (C=O) groups excluding carboxylic acids is 3. The number of nitrogens with one attached hydrogen (secondary N) is 1. The van der Waals surface area contributed by atoms with Crippen LogP contribution in [0.4, 0.5) is 0 Å². The highest BCUT2D eigenvalue weighted by atomic mass is 32.2. The molecule has 144 valence electrons. The lowest BCUT2D eigenvalue weighted by Crippen LogP contribution is -2.26. The van der Waals surface area contributed by atoms with Crippen LogP contribution >= 0.6 is 11.8 Å². The summed E-state index contributed by atoms with van der Waals surface area (Å²) in [5, 5.41) is 0.491. The van der Waals surface area contributed by atoms with Gasteiger partial charge in [0.25, 0.3) is 0 Å². The number of H-pyrrole nitrogens is 1. The third-order valence-electron chi connectivity index (χ3n) is 3.99. The minimum atomic E-state index is -0.963. The van der Waals surface area contributed by atoms with Gasteiger partial charge in [0.05, 0.1) is 11.4 Å². The Bertz CT molecular complexity index is 884. The van der Waals surface area contributed by atoms with Gasteiger partial charge in [-0.3, -0.25) is 14.4 Å². The van der Waals surface area contributed by atoms with Crippen LogP contribution in [0.1, 0.15) is 57.3 Å². The molecule has 0 unspecified atom stereocenters. The van der Waals surface area contributed by atoms with Crippen LogP contribution in [0.5, 0.6) is 0 Å². The van der Waals surface area contributed by atoms with Crippen molar-refractivity contribution in [2.45, 2.75) is 52.8 Å². The Morgan fingerprint density at radius 3 is 2.26 bits per heavy atom. The van der Waals surface area contributed by atoms with E-state index in [0.29, 0.717) is 27.7 Å². The number of thioether (sulfide) groups is 1. The second-order valence-electron chi connectivity index (χ2n) is 6.40. The number of aromatic amines is 1. The number of nitrogens with zero attached hydrogens (tertiary/aromatic N) is 2. The van der Waals surface area contributed by atoms with E-state index in [1.807, 2.05) is 19.9 Å². The summed E-state index contributed by atoms with van der Waals surface area (Å²) in [6.45, 7) is 10.1. The Balaban J connectivity index is 2.00. The van der Waals surface area contributed by atoms with Crippen molar-refractivity contribution in [3.63, 3.8) is 0 Å². The fourth-order valence-corrected chi connectivity index (χ4v) is 3.63. The molecule has 0 bridgehead atoms. The van der Waals surface area contributed by atoms with Gasteiger partial charge < -0.3 is 9.72 Å². The van der Waals surface area contributed by atoms with Crippen molar-refractivity contribution in [3.05, 3.63) is 40.0 Å². The Hall–Kier alpha value is -2.48. The zero-order valence-electron chi connectivity index (χ0n) is 16.3. The SMILES string of the molecule is CC(=O)c1c(C)[nH]c(C(=O)[C@@H](C)OC(=O)CSc2nc(C)cc(C)n2)c1C. The molecular weight excluding hydrogens is 366 g/mol. The zero-order valence-corrected chi connectivity index (χ0v) is 17.1. The number of esters is 1. The number of ketones is 2. The number of Topliss-reactive ketones (excluding diaryl/α,β-unsaturated/α-hetero) is 2. The maximum Gasteiger partial charge on any atom is 0.317 e. The van der Waals surface area contributed by atoms with Crippen LogP contribution in [0.25, 0.3) is 0 Å². The van der Waals surface area contributed by atoms with Gasteiger partial charge in [-0.25, -0.2) is 9.97 Å². The fourth-order valence-electron chi connectivity index (χ4n) is 2.89. The summed E-state index contributed by atoms with van der Waals surface area (Å²) in [6, 6.07) is 1.85. The van der Waals surface area contributed by atoms with E-state index in [1.165, 1.54) is 13.8 Å². The summed E-state index contributed by atoms with van der Waals surface area (Å²) < 4.78 is 5.24. The molecule has 2 aromatic rings. The smallest absolute Gasteiger partial charge is 0.317 e. The first kappa shape index (κ1) is 20.8. The maximum absolute atomic E-state index is 12.6. The highest BCUT2D eigenvalue weighted by molar-refractivity contribution is 7.99.